The number of esters is 1. The predicted molar refractivity (Wildman–Crippen MR) is 55.5 cm³/mol. The second-order valence-corrected chi connectivity index (χ2v) is 6.02. The lowest BCUT2D eigenvalue weighted by molar-refractivity contribution is -0.142. The first kappa shape index (κ1) is 17.9. The third-order valence-corrected chi connectivity index (χ3v) is 2.58. The van der Waals surface area contributed by atoms with E-state index in [1.54, 1.807) is 0 Å². The number of hydrogen-bond acceptors (Lipinski definition) is 4. The van der Waals surface area contributed by atoms with E-state index in [4.69, 9.17) is 19.6 Å². The highest BCUT2D eigenvalue weighted by Gasteiger charge is 2.26. The molecule has 1 atom stereocenters. The SMILES string of the molecule is C=CP(=O)(O)O.CC(=O)OC(C)P(=O)(O)O. The van der Waals surface area contributed by atoms with Crippen molar-refractivity contribution in [3.63, 3.8) is 0 Å². The lowest BCUT2D eigenvalue weighted by Gasteiger charge is -2.12. The molecule has 0 heterocycles. The molecular weight excluding hydrogens is 262 g/mol. The highest BCUT2D eigenvalue weighted by atomic mass is 31.2. The van der Waals surface area contributed by atoms with Crippen LogP contribution >= 0.6 is 15.2 Å². The summed E-state index contributed by atoms with van der Waals surface area (Å²) in [5.74, 6) is -1.44. The average Bonchev–Trinajstić information content (AvgIpc) is 2.01. The molecular formula is C6H14O8P2. The maximum Gasteiger partial charge on any atom is 0.365 e. The van der Waals surface area contributed by atoms with E-state index in [1.807, 2.05) is 0 Å². The van der Waals surface area contributed by atoms with Gasteiger partial charge in [-0.1, -0.05) is 6.58 Å². The van der Waals surface area contributed by atoms with Crippen molar-refractivity contribution in [1.82, 2.24) is 0 Å². The van der Waals surface area contributed by atoms with Crippen molar-refractivity contribution >= 4 is 21.2 Å². The van der Waals surface area contributed by atoms with Crippen molar-refractivity contribution in [3.8, 4) is 0 Å². The summed E-state index contributed by atoms with van der Waals surface area (Å²) in [5.41, 5.74) is 0. The number of ether oxygens (including phenoxy) is 1. The van der Waals surface area contributed by atoms with Gasteiger partial charge in [-0.25, -0.2) is 0 Å². The fourth-order valence-corrected chi connectivity index (χ4v) is 0.595. The van der Waals surface area contributed by atoms with E-state index in [-0.39, 0.29) is 0 Å². The van der Waals surface area contributed by atoms with Gasteiger partial charge in [0.2, 0.25) is 0 Å². The monoisotopic (exact) mass is 276 g/mol. The van der Waals surface area contributed by atoms with Gasteiger partial charge in [0.1, 0.15) is 0 Å². The molecule has 8 nitrogen and oxygen atoms in total. The fraction of sp³-hybridized carbons (Fsp3) is 0.500. The van der Waals surface area contributed by atoms with Crippen molar-refractivity contribution in [2.75, 3.05) is 0 Å². The largest absolute Gasteiger partial charge is 0.450 e. The molecule has 0 amide bonds. The number of hydrogen-bond donors (Lipinski definition) is 4. The molecule has 0 spiro atoms. The molecule has 0 aliphatic heterocycles. The van der Waals surface area contributed by atoms with Crippen LogP contribution in [0.1, 0.15) is 13.8 Å². The molecule has 0 fully saturated rings. The van der Waals surface area contributed by atoms with Gasteiger partial charge in [-0.05, 0) is 6.92 Å². The van der Waals surface area contributed by atoms with Crippen LogP contribution in [0.3, 0.4) is 0 Å². The van der Waals surface area contributed by atoms with Crippen LogP contribution in [0.2, 0.25) is 0 Å². The van der Waals surface area contributed by atoms with Gasteiger partial charge in [0.25, 0.3) is 0 Å². The molecule has 0 aromatic carbocycles. The molecule has 0 radical (unpaired) electrons. The minimum absolute atomic E-state index is 0.604. The Morgan fingerprint density at radius 1 is 1.31 bits per heavy atom. The highest BCUT2D eigenvalue weighted by molar-refractivity contribution is 7.55. The van der Waals surface area contributed by atoms with Gasteiger partial charge >= 0.3 is 21.2 Å². The van der Waals surface area contributed by atoms with E-state index in [1.165, 1.54) is 0 Å². The Morgan fingerprint density at radius 3 is 1.69 bits per heavy atom. The molecule has 1 unspecified atom stereocenters. The minimum Gasteiger partial charge on any atom is -0.450 e. The molecule has 0 rings (SSSR count). The normalized spacial score (nSPS) is 13.1. The summed E-state index contributed by atoms with van der Waals surface area (Å²) < 4.78 is 24.1. The molecule has 0 aliphatic rings. The van der Waals surface area contributed by atoms with E-state index < -0.39 is 27.0 Å². The van der Waals surface area contributed by atoms with Gasteiger partial charge in [-0.3, -0.25) is 13.9 Å². The molecule has 96 valence electrons. The molecule has 0 saturated heterocycles. The van der Waals surface area contributed by atoms with Crippen LogP contribution in [-0.2, 0) is 18.7 Å². The second kappa shape index (κ2) is 6.96. The van der Waals surface area contributed by atoms with Crippen molar-refractivity contribution in [2.45, 2.75) is 19.7 Å². The van der Waals surface area contributed by atoms with Crippen molar-refractivity contribution in [2.24, 2.45) is 0 Å². The summed E-state index contributed by atoms with van der Waals surface area (Å²) >= 11 is 0. The van der Waals surface area contributed by atoms with E-state index in [0.29, 0.717) is 5.82 Å². The molecule has 0 aliphatic carbocycles. The second-order valence-electron chi connectivity index (χ2n) is 2.57. The number of carbonyl (C=O) groups excluding carboxylic acids is 1. The molecule has 0 aromatic rings. The maximum atomic E-state index is 10.3. The van der Waals surface area contributed by atoms with Gasteiger partial charge in [0.15, 0.2) is 5.85 Å². The molecule has 0 bridgehead atoms. The van der Waals surface area contributed by atoms with E-state index in [0.717, 1.165) is 13.8 Å². The summed E-state index contributed by atoms with van der Waals surface area (Å²) in [4.78, 5) is 42.5. The Morgan fingerprint density at radius 2 is 1.62 bits per heavy atom. The minimum atomic E-state index is -4.25. The van der Waals surface area contributed by atoms with Crippen LogP contribution < -0.4 is 0 Å². The quantitative estimate of drug-likeness (QED) is 0.428. The summed E-state index contributed by atoms with van der Waals surface area (Å²) in [5, 5.41) is 0. The van der Waals surface area contributed by atoms with Gasteiger partial charge in [-0.15, -0.1) is 0 Å². The van der Waals surface area contributed by atoms with E-state index >= 15 is 0 Å². The van der Waals surface area contributed by atoms with Crippen LogP contribution in [-0.4, -0.2) is 31.4 Å². The van der Waals surface area contributed by atoms with Gasteiger partial charge in [0, 0.05) is 12.7 Å². The Hall–Kier alpha value is -0.490. The first-order chi connectivity index (χ1) is 6.90. The van der Waals surface area contributed by atoms with Crippen LogP contribution in [0.4, 0.5) is 0 Å². The fourth-order valence-electron chi connectivity index (χ4n) is 0.309. The van der Waals surface area contributed by atoms with Gasteiger partial charge in [-0.2, -0.15) is 0 Å². The summed E-state index contributed by atoms with van der Waals surface area (Å²) in [6, 6.07) is 0. The third-order valence-electron chi connectivity index (χ3n) is 1.05. The standard InChI is InChI=1S/C4H9O5P.C2H5O3P/c1-3(5)9-4(2)10(6,7)8;1-2-6(3,4)5/h4H,1-2H3,(H2,6,7,8);2H,1H2,(H2,3,4,5). The smallest absolute Gasteiger partial charge is 0.365 e. The lowest BCUT2D eigenvalue weighted by atomic mass is 10.8. The summed E-state index contributed by atoms with van der Waals surface area (Å²) in [6.07, 6.45) is 0. The summed E-state index contributed by atoms with van der Waals surface area (Å²) in [7, 11) is -8.14. The van der Waals surface area contributed by atoms with Crippen LogP contribution in [0.25, 0.3) is 0 Å². The Bertz CT molecular complexity index is 325. The Kier molecular flexibility index (Phi) is 7.78. The number of carbonyl (C=O) groups is 1. The molecule has 0 saturated carbocycles. The van der Waals surface area contributed by atoms with Crippen molar-refractivity contribution < 1.29 is 38.2 Å². The van der Waals surface area contributed by atoms with Crippen LogP contribution in [0, 0.1) is 0 Å². The predicted octanol–water partition coefficient (Wildman–Crippen LogP) is 0.381. The molecule has 4 N–H and O–H groups in total. The zero-order valence-electron chi connectivity index (χ0n) is 8.68. The first-order valence-corrected chi connectivity index (χ1v) is 7.17. The summed E-state index contributed by atoms with van der Waals surface area (Å²) in [6.45, 7) is 5.10. The average molecular weight is 276 g/mol. The third kappa shape index (κ3) is 13.5. The van der Waals surface area contributed by atoms with Crippen molar-refractivity contribution in [1.29, 1.82) is 0 Å². The van der Waals surface area contributed by atoms with E-state index in [9.17, 15) is 13.9 Å². The van der Waals surface area contributed by atoms with Crippen molar-refractivity contribution in [3.05, 3.63) is 12.4 Å². The van der Waals surface area contributed by atoms with Gasteiger partial charge < -0.3 is 24.3 Å². The molecule has 10 heteroatoms. The Balaban J connectivity index is 0. The Labute approximate surface area is 92.3 Å². The topological polar surface area (TPSA) is 141 Å². The first-order valence-electron chi connectivity index (χ1n) is 3.81. The van der Waals surface area contributed by atoms with Crippen LogP contribution in [0.5, 0.6) is 0 Å². The van der Waals surface area contributed by atoms with Gasteiger partial charge in [0.05, 0.1) is 0 Å². The zero-order valence-corrected chi connectivity index (χ0v) is 10.5. The molecule has 0 aromatic heterocycles. The van der Waals surface area contributed by atoms with Crippen LogP contribution in [0.15, 0.2) is 12.4 Å². The molecule has 16 heavy (non-hydrogen) atoms. The maximum absolute atomic E-state index is 10.3. The van der Waals surface area contributed by atoms with E-state index in [2.05, 4.69) is 11.3 Å². The zero-order chi connectivity index (χ0) is 13.6. The number of rotatable bonds is 3. The lowest BCUT2D eigenvalue weighted by Crippen LogP contribution is -2.11. The highest BCUT2D eigenvalue weighted by Crippen LogP contribution is 2.41.